The van der Waals surface area contributed by atoms with Crippen LogP contribution in [0.15, 0.2) is 30.7 Å². The number of rotatable bonds is 3. The number of nitrogens with zero attached hydrogens (tertiary/aromatic N) is 3. The summed E-state index contributed by atoms with van der Waals surface area (Å²) in [5.41, 5.74) is 5.45. The van der Waals surface area contributed by atoms with Crippen molar-refractivity contribution in [3.8, 4) is 0 Å². The van der Waals surface area contributed by atoms with Gasteiger partial charge in [-0.3, -0.25) is 0 Å². The fourth-order valence-electron chi connectivity index (χ4n) is 2.97. The lowest BCUT2D eigenvalue weighted by atomic mass is 10.0. The molecule has 0 saturated heterocycles. The van der Waals surface area contributed by atoms with E-state index in [1.165, 1.54) is 16.8 Å². The lowest BCUT2D eigenvalue weighted by Gasteiger charge is -2.24. The molecule has 3 rings (SSSR count). The Kier molecular flexibility index (Phi) is 3.05. The van der Waals surface area contributed by atoms with Crippen molar-refractivity contribution in [3.05, 3.63) is 47.5 Å². The van der Waals surface area contributed by atoms with Gasteiger partial charge in [0.15, 0.2) is 0 Å². The minimum Gasteiger partial charge on any atom is -0.369 e. The average Bonchev–Trinajstić information content (AvgIpc) is 2.96. The number of aryl methyl sites for hydroxylation is 1. The van der Waals surface area contributed by atoms with E-state index in [-0.39, 0.29) is 0 Å². The highest BCUT2D eigenvalue weighted by Gasteiger charge is 2.23. The molecule has 0 fully saturated rings. The molecule has 0 unspecified atom stereocenters. The first-order chi connectivity index (χ1) is 9.15. The summed E-state index contributed by atoms with van der Waals surface area (Å²) in [5.74, 6) is 0. The summed E-state index contributed by atoms with van der Waals surface area (Å²) in [6.45, 7) is 8.64. The lowest BCUT2D eigenvalue weighted by molar-refractivity contribution is 0.710. The Labute approximate surface area is 114 Å². The van der Waals surface area contributed by atoms with Gasteiger partial charge in [0.05, 0.1) is 12.0 Å². The Morgan fingerprint density at radius 3 is 2.84 bits per heavy atom. The zero-order valence-electron chi connectivity index (χ0n) is 11.9. The molecule has 0 bridgehead atoms. The van der Waals surface area contributed by atoms with Crippen LogP contribution in [-0.4, -0.2) is 22.1 Å². The highest BCUT2D eigenvalue weighted by molar-refractivity contribution is 5.61. The first-order valence-electron chi connectivity index (χ1n) is 7.01. The van der Waals surface area contributed by atoms with Gasteiger partial charge >= 0.3 is 0 Å². The van der Waals surface area contributed by atoms with Gasteiger partial charge in [0.1, 0.15) is 0 Å². The second-order valence-electron chi connectivity index (χ2n) is 5.64. The summed E-state index contributed by atoms with van der Waals surface area (Å²) >= 11 is 0. The van der Waals surface area contributed by atoms with E-state index in [1.54, 1.807) is 0 Å². The van der Waals surface area contributed by atoms with Crippen molar-refractivity contribution in [2.45, 2.75) is 39.8 Å². The van der Waals surface area contributed by atoms with Crippen molar-refractivity contribution >= 4 is 5.69 Å². The molecule has 0 atom stereocenters. The molecule has 1 aliphatic heterocycles. The van der Waals surface area contributed by atoms with Crippen LogP contribution in [0.2, 0.25) is 0 Å². The monoisotopic (exact) mass is 255 g/mol. The van der Waals surface area contributed by atoms with Crippen LogP contribution in [0.4, 0.5) is 5.69 Å². The molecule has 1 aromatic heterocycles. The quantitative estimate of drug-likeness (QED) is 0.840. The van der Waals surface area contributed by atoms with Crippen LogP contribution in [0.1, 0.15) is 30.7 Å². The molecule has 3 nitrogen and oxygen atoms in total. The zero-order chi connectivity index (χ0) is 13.4. The Morgan fingerprint density at radius 2 is 2.16 bits per heavy atom. The maximum absolute atomic E-state index is 4.30. The Hall–Kier alpha value is -1.77. The normalized spacial score (nSPS) is 14.2. The topological polar surface area (TPSA) is 21.1 Å². The minimum atomic E-state index is 0.576. The van der Waals surface area contributed by atoms with E-state index >= 15 is 0 Å². The van der Waals surface area contributed by atoms with E-state index in [9.17, 15) is 0 Å². The molecule has 0 spiro atoms. The Balaban J connectivity index is 1.92. The number of imidazole rings is 1. The number of fused-ring (bicyclic) bond motifs is 1. The first kappa shape index (κ1) is 12.3. The van der Waals surface area contributed by atoms with Crippen molar-refractivity contribution < 1.29 is 0 Å². The summed E-state index contributed by atoms with van der Waals surface area (Å²) in [5, 5.41) is 0. The van der Waals surface area contributed by atoms with Crippen LogP contribution in [-0.2, 0) is 13.0 Å². The van der Waals surface area contributed by atoms with Crippen molar-refractivity contribution in [3.63, 3.8) is 0 Å². The van der Waals surface area contributed by atoms with Gasteiger partial charge in [-0.1, -0.05) is 12.1 Å². The molecule has 2 aromatic rings. The smallest absolute Gasteiger partial charge is 0.0952 e. The molecular weight excluding hydrogens is 234 g/mol. The highest BCUT2D eigenvalue weighted by Crippen LogP contribution is 2.32. The van der Waals surface area contributed by atoms with Gasteiger partial charge in [-0.2, -0.15) is 0 Å². The highest BCUT2D eigenvalue weighted by atomic mass is 15.2. The number of anilines is 1. The van der Waals surface area contributed by atoms with Gasteiger partial charge in [0.2, 0.25) is 0 Å². The number of hydrogen-bond donors (Lipinski definition) is 0. The Bertz CT molecular complexity index is 583. The minimum absolute atomic E-state index is 0.576. The predicted octanol–water partition coefficient (Wildman–Crippen LogP) is 3.01. The summed E-state index contributed by atoms with van der Waals surface area (Å²) in [6.07, 6.45) is 5.19. The second kappa shape index (κ2) is 4.72. The van der Waals surface area contributed by atoms with Crippen LogP contribution in [0.25, 0.3) is 0 Å². The predicted molar refractivity (Wildman–Crippen MR) is 78.7 cm³/mol. The lowest BCUT2D eigenvalue weighted by Crippen LogP contribution is -2.28. The van der Waals surface area contributed by atoms with Crippen LogP contribution in [0, 0.1) is 6.92 Å². The van der Waals surface area contributed by atoms with Crippen LogP contribution in [0.3, 0.4) is 0 Å². The molecular formula is C16H21N3. The van der Waals surface area contributed by atoms with Crippen molar-refractivity contribution in [1.82, 2.24) is 9.55 Å². The largest absolute Gasteiger partial charge is 0.369 e. The van der Waals surface area contributed by atoms with Gasteiger partial charge < -0.3 is 9.47 Å². The molecule has 0 N–H and O–H groups in total. The number of aromatic nitrogens is 2. The first-order valence-corrected chi connectivity index (χ1v) is 7.01. The molecule has 0 saturated carbocycles. The van der Waals surface area contributed by atoms with Crippen LogP contribution in [0.5, 0.6) is 0 Å². The Morgan fingerprint density at radius 1 is 1.32 bits per heavy atom. The van der Waals surface area contributed by atoms with Gasteiger partial charge in [0.25, 0.3) is 0 Å². The molecule has 0 aliphatic carbocycles. The van der Waals surface area contributed by atoms with Gasteiger partial charge in [0, 0.05) is 31.0 Å². The van der Waals surface area contributed by atoms with E-state index in [1.807, 2.05) is 13.3 Å². The third-order valence-corrected chi connectivity index (χ3v) is 3.90. The molecule has 3 heteroatoms. The fourth-order valence-corrected chi connectivity index (χ4v) is 2.97. The van der Waals surface area contributed by atoms with Crippen LogP contribution < -0.4 is 4.90 Å². The molecule has 100 valence electrons. The third kappa shape index (κ3) is 2.25. The zero-order valence-corrected chi connectivity index (χ0v) is 11.9. The molecule has 2 heterocycles. The molecule has 1 aromatic carbocycles. The third-order valence-electron chi connectivity index (χ3n) is 3.90. The summed E-state index contributed by atoms with van der Waals surface area (Å²) in [6, 6.07) is 7.26. The van der Waals surface area contributed by atoms with E-state index in [4.69, 9.17) is 0 Å². The number of benzene rings is 1. The van der Waals surface area contributed by atoms with Gasteiger partial charge in [-0.25, -0.2) is 4.98 Å². The van der Waals surface area contributed by atoms with Crippen molar-refractivity contribution in [1.29, 1.82) is 0 Å². The number of hydrogen-bond acceptors (Lipinski definition) is 2. The van der Waals surface area contributed by atoms with Gasteiger partial charge in [-0.15, -0.1) is 0 Å². The SMILES string of the molecule is Cc1cn(Cc2cccc3c2CCN3C(C)C)cn1. The van der Waals surface area contributed by atoms with E-state index in [0.29, 0.717) is 6.04 Å². The summed E-state index contributed by atoms with van der Waals surface area (Å²) in [7, 11) is 0. The van der Waals surface area contributed by atoms with E-state index < -0.39 is 0 Å². The van der Waals surface area contributed by atoms with Crippen LogP contribution >= 0.6 is 0 Å². The molecule has 0 radical (unpaired) electrons. The standard InChI is InChI=1S/C16H21N3/c1-12(2)19-8-7-15-14(5-4-6-16(15)19)10-18-9-13(3)17-11-18/h4-6,9,11-12H,7-8,10H2,1-3H3. The molecule has 19 heavy (non-hydrogen) atoms. The second-order valence-corrected chi connectivity index (χ2v) is 5.64. The summed E-state index contributed by atoms with van der Waals surface area (Å²) in [4.78, 5) is 6.80. The maximum atomic E-state index is 4.30. The maximum Gasteiger partial charge on any atom is 0.0952 e. The fraction of sp³-hybridized carbons (Fsp3) is 0.438. The average molecular weight is 255 g/mol. The summed E-state index contributed by atoms with van der Waals surface area (Å²) < 4.78 is 2.17. The molecule has 0 amide bonds. The molecule has 1 aliphatic rings. The van der Waals surface area contributed by atoms with E-state index in [2.05, 4.69) is 52.7 Å². The van der Waals surface area contributed by atoms with E-state index in [0.717, 1.165) is 25.2 Å². The van der Waals surface area contributed by atoms with Gasteiger partial charge in [-0.05, 0) is 44.4 Å². The van der Waals surface area contributed by atoms with Crippen molar-refractivity contribution in [2.24, 2.45) is 0 Å². The van der Waals surface area contributed by atoms with Crippen molar-refractivity contribution in [2.75, 3.05) is 11.4 Å².